The number of hydrogen-bond acceptors (Lipinski definition) is 3. The molecule has 0 unspecified atom stereocenters. The Balaban J connectivity index is 1.96. The number of aromatic nitrogens is 1. The minimum absolute atomic E-state index is 0.683. The zero-order valence-corrected chi connectivity index (χ0v) is 13.2. The molecule has 3 rings (SSSR count). The van der Waals surface area contributed by atoms with E-state index in [-0.39, 0.29) is 0 Å². The summed E-state index contributed by atoms with van der Waals surface area (Å²) in [6.45, 7) is 2.07. The van der Waals surface area contributed by atoms with E-state index in [1.54, 1.807) is 11.3 Å². The van der Waals surface area contributed by atoms with Gasteiger partial charge in [0, 0.05) is 10.2 Å². The van der Waals surface area contributed by atoms with Gasteiger partial charge in [0.25, 0.3) is 0 Å². The molecule has 0 saturated carbocycles. The van der Waals surface area contributed by atoms with Crippen LogP contribution in [0, 0.1) is 6.92 Å². The van der Waals surface area contributed by atoms with Crippen LogP contribution in [0.3, 0.4) is 0 Å². The van der Waals surface area contributed by atoms with Crippen molar-refractivity contribution in [2.24, 2.45) is 0 Å². The van der Waals surface area contributed by atoms with Gasteiger partial charge in [-0.25, -0.2) is 4.98 Å². The zero-order chi connectivity index (χ0) is 13.4. The highest BCUT2D eigenvalue weighted by Crippen LogP contribution is 2.32. The lowest BCUT2D eigenvalue weighted by molar-refractivity contribution is 1.40. The van der Waals surface area contributed by atoms with Gasteiger partial charge in [0.05, 0.1) is 15.2 Å². The number of halogens is 2. The van der Waals surface area contributed by atoms with Crippen molar-refractivity contribution < 1.29 is 0 Å². The number of nitrogens with zero attached hydrogens (tertiary/aromatic N) is 1. The molecule has 0 fully saturated rings. The quantitative estimate of drug-likeness (QED) is 0.633. The fraction of sp³-hybridized carbons (Fsp3) is 0.0714. The van der Waals surface area contributed by atoms with Gasteiger partial charge in [0.1, 0.15) is 0 Å². The molecule has 5 heteroatoms. The summed E-state index contributed by atoms with van der Waals surface area (Å²) in [4.78, 5) is 4.61. The number of aryl methyl sites for hydroxylation is 1. The van der Waals surface area contributed by atoms with Crippen molar-refractivity contribution in [2.75, 3.05) is 5.32 Å². The van der Waals surface area contributed by atoms with Crippen LogP contribution in [0.2, 0.25) is 5.02 Å². The molecule has 1 heterocycles. The van der Waals surface area contributed by atoms with Crippen LogP contribution in [0.25, 0.3) is 10.2 Å². The molecule has 2 aromatic carbocycles. The number of para-hydroxylation sites is 1. The number of fused-ring (bicyclic) bond motifs is 1. The highest BCUT2D eigenvalue weighted by Gasteiger charge is 2.06. The van der Waals surface area contributed by atoms with Crippen molar-refractivity contribution in [3.05, 3.63) is 51.5 Å². The van der Waals surface area contributed by atoms with Crippen LogP contribution < -0.4 is 5.32 Å². The molecule has 19 heavy (non-hydrogen) atoms. The zero-order valence-electron chi connectivity index (χ0n) is 10.1. The van der Waals surface area contributed by atoms with Gasteiger partial charge >= 0.3 is 0 Å². The van der Waals surface area contributed by atoms with Crippen LogP contribution in [-0.4, -0.2) is 4.98 Å². The highest BCUT2D eigenvalue weighted by atomic mass is 79.9. The molecule has 0 bridgehead atoms. The standard InChI is InChI=1S/C14H10BrClN2S/c1-8-3-2-4-12-13(8)18-14(19-12)17-9-5-6-10(15)11(16)7-9/h2-7H,1H3,(H,17,18). The fourth-order valence-corrected chi connectivity index (χ4v) is 3.23. The SMILES string of the molecule is Cc1cccc2sc(Nc3ccc(Br)c(Cl)c3)nc12. The monoisotopic (exact) mass is 352 g/mol. The van der Waals surface area contributed by atoms with Gasteiger partial charge in [0.2, 0.25) is 0 Å². The van der Waals surface area contributed by atoms with Gasteiger partial charge < -0.3 is 5.32 Å². The summed E-state index contributed by atoms with van der Waals surface area (Å²) >= 11 is 11.1. The fourth-order valence-electron chi connectivity index (χ4n) is 1.84. The van der Waals surface area contributed by atoms with E-state index in [1.165, 1.54) is 10.3 Å². The van der Waals surface area contributed by atoms with Gasteiger partial charge in [0.15, 0.2) is 5.13 Å². The molecule has 0 aliphatic heterocycles. The lowest BCUT2D eigenvalue weighted by Crippen LogP contribution is -1.89. The molecule has 3 aromatic rings. The number of thiazole rings is 1. The third kappa shape index (κ3) is 2.61. The first-order valence-corrected chi connectivity index (χ1v) is 7.70. The molecule has 1 N–H and O–H groups in total. The normalized spacial score (nSPS) is 10.9. The van der Waals surface area contributed by atoms with Crippen LogP contribution in [0.15, 0.2) is 40.9 Å². The largest absolute Gasteiger partial charge is 0.331 e. The molecular weight excluding hydrogens is 344 g/mol. The average molecular weight is 354 g/mol. The van der Waals surface area contributed by atoms with Crippen molar-refractivity contribution in [1.29, 1.82) is 0 Å². The van der Waals surface area contributed by atoms with Crippen molar-refractivity contribution in [1.82, 2.24) is 4.98 Å². The van der Waals surface area contributed by atoms with E-state index in [0.29, 0.717) is 5.02 Å². The second-order valence-electron chi connectivity index (χ2n) is 4.19. The maximum atomic E-state index is 6.08. The van der Waals surface area contributed by atoms with E-state index in [4.69, 9.17) is 11.6 Å². The summed E-state index contributed by atoms with van der Waals surface area (Å²) in [5.41, 5.74) is 3.18. The molecule has 0 amide bonds. The summed E-state index contributed by atoms with van der Waals surface area (Å²) < 4.78 is 2.07. The summed E-state index contributed by atoms with van der Waals surface area (Å²) in [6.07, 6.45) is 0. The molecule has 0 radical (unpaired) electrons. The Morgan fingerprint density at radius 3 is 2.84 bits per heavy atom. The third-order valence-electron chi connectivity index (χ3n) is 2.79. The number of rotatable bonds is 2. The third-order valence-corrected chi connectivity index (χ3v) is 4.96. The lowest BCUT2D eigenvalue weighted by Gasteiger charge is -2.03. The first-order valence-electron chi connectivity index (χ1n) is 5.72. The first-order chi connectivity index (χ1) is 9.13. The van der Waals surface area contributed by atoms with Gasteiger partial charge in [-0.3, -0.25) is 0 Å². The molecule has 2 nitrogen and oxygen atoms in total. The molecular formula is C14H10BrClN2S. The van der Waals surface area contributed by atoms with Crippen LogP contribution in [0.5, 0.6) is 0 Å². The first kappa shape index (κ1) is 12.9. The van der Waals surface area contributed by atoms with Crippen molar-refractivity contribution in [3.63, 3.8) is 0 Å². The van der Waals surface area contributed by atoms with Gasteiger partial charge in [-0.05, 0) is 52.7 Å². The van der Waals surface area contributed by atoms with E-state index in [1.807, 2.05) is 18.2 Å². The molecule has 0 aliphatic rings. The summed E-state index contributed by atoms with van der Waals surface area (Å²) in [5, 5.41) is 4.85. The smallest absolute Gasteiger partial charge is 0.188 e. The second kappa shape index (κ2) is 5.12. The van der Waals surface area contributed by atoms with Gasteiger partial charge in [-0.15, -0.1) is 0 Å². The maximum absolute atomic E-state index is 6.08. The Kier molecular flexibility index (Phi) is 3.48. The Morgan fingerprint density at radius 2 is 2.11 bits per heavy atom. The summed E-state index contributed by atoms with van der Waals surface area (Å²) in [6, 6.07) is 12.0. The van der Waals surface area contributed by atoms with Crippen LogP contribution >= 0.6 is 38.9 Å². The predicted octanol–water partition coefficient (Wildman–Crippen LogP) is 5.76. The maximum Gasteiger partial charge on any atom is 0.188 e. The number of nitrogens with one attached hydrogen (secondary N) is 1. The Hall–Kier alpha value is -1.10. The Labute approximate surface area is 128 Å². The summed E-state index contributed by atoms with van der Waals surface area (Å²) in [5.74, 6) is 0. The molecule has 1 aromatic heterocycles. The lowest BCUT2D eigenvalue weighted by atomic mass is 10.2. The molecule has 0 spiro atoms. The van der Waals surface area contributed by atoms with Crippen molar-refractivity contribution in [2.45, 2.75) is 6.92 Å². The molecule has 0 aliphatic carbocycles. The van der Waals surface area contributed by atoms with E-state index >= 15 is 0 Å². The molecule has 0 atom stereocenters. The topological polar surface area (TPSA) is 24.9 Å². The number of benzene rings is 2. The highest BCUT2D eigenvalue weighted by molar-refractivity contribution is 9.10. The second-order valence-corrected chi connectivity index (χ2v) is 6.49. The minimum Gasteiger partial charge on any atom is -0.331 e. The molecule has 96 valence electrons. The Morgan fingerprint density at radius 1 is 1.26 bits per heavy atom. The van der Waals surface area contributed by atoms with Gasteiger partial charge in [-0.1, -0.05) is 35.1 Å². The summed E-state index contributed by atoms with van der Waals surface area (Å²) in [7, 11) is 0. The Bertz CT molecular complexity index is 754. The van der Waals surface area contributed by atoms with Gasteiger partial charge in [-0.2, -0.15) is 0 Å². The van der Waals surface area contributed by atoms with E-state index < -0.39 is 0 Å². The van der Waals surface area contributed by atoms with E-state index in [0.717, 1.165) is 20.8 Å². The molecule has 0 saturated heterocycles. The minimum atomic E-state index is 0.683. The van der Waals surface area contributed by atoms with Crippen molar-refractivity contribution in [3.8, 4) is 0 Å². The number of hydrogen-bond donors (Lipinski definition) is 1. The van der Waals surface area contributed by atoms with E-state index in [9.17, 15) is 0 Å². The number of anilines is 2. The van der Waals surface area contributed by atoms with Crippen molar-refractivity contribution >= 4 is 59.9 Å². The van der Waals surface area contributed by atoms with Crippen LogP contribution in [0.1, 0.15) is 5.56 Å². The average Bonchev–Trinajstić information content (AvgIpc) is 2.78. The van der Waals surface area contributed by atoms with Crippen LogP contribution in [-0.2, 0) is 0 Å². The van der Waals surface area contributed by atoms with E-state index in [2.05, 4.69) is 51.4 Å². The predicted molar refractivity (Wildman–Crippen MR) is 86.8 cm³/mol. The van der Waals surface area contributed by atoms with Crippen LogP contribution in [0.4, 0.5) is 10.8 Å².